The number of carbonyl (C=O) groups excluding carboxylic acids is 1. The Hall–Kier alpha value is -3.67. The van der Waals surface area contributed by atoms with E-state index in [4.69, 9.17) is 9.47 Å². The van der Waals surface area contributed by atoms with Gasteiger partial charge in [0.1, 0.15) is 5.75 Å². The minimum absolute atomic E-state index is 0.270. The Balaban J connectivity index is 1.58. The number of hydrogen-bond acceptors (Lipinski definition) is 5. The Labute approximate surface area is 150 Å². The molecule has 0 saturated carbocycles. The molecule has 0 saturated heterocycles. The molecular formula is C20H15N3O3. The maximum absolute atomic E-state index is 12.1. The van der Waals surface area contributed by atoms with E-state index in [1.807, 2.05) is 35.0 Å². The number of hydrogen-bond donors (Lipinski definition) is 0. The van der Waals surface area contributed by atoms with Crippen LogP contribution in [0.4, 0.5) is 0 Å². The van der Waals surface area contributed by atoms with Gasteiger partial charge in [0.2, 0.25) is 5.90 Å². The number of methoxy groups -OCH3 is 1. The first-order valence-electron chi connectivity index (χ1n) is 7.98. The molecule has 128 valence electrons. The molecule has 6 heteroatoms. The van der Waals surface area contributed by atoms with Gasteiger partial charge in [-0.15, -0.1) is 0 Å². The Morgan fingerprint density at radius 2 is 1.85 bits per heavy atom. The van der Waals surface area contributed by atoms with E-state index in [1.54, 1.807) is 50.0 Å². The molecule has 2 heterocycles. The zero-order valence-electron chi connectivity index (χ0n) is 14.0. The number of carbonyl (C=O) groups is 1. The van der Waals surface area contributed by atoms with E-state index in [0.29, 0.717) is 5.90 Å². The number of aromatic nitrogens is 2. The monoisotopic (exact) mass is 345 g/mol. The zero-order valence-corrected chi connectivity index (χ0v) is 14.0. The van der Waals surface area contributed by atoms with E-state index >= 15 is 0 Å². The molecule has 0 fully saturated rings. The molecule has 0 N–H and O–H groups in total. The second-order valence-corrected chi connectivity index (χ2v) is 5.63. The molecule has 3 aromatic rings. The number of ether oxygens (including phenoxy) is 2. The normalized spacial score (nSPS) is 15.0. The van der Waals surface area contributed by atoms with Crippen molar-refractivity contribution in [3.8, 4) is 11.4 Å². The fourth-order valence-electron chi connectivity index (χ4n) is 2.58. The van der Waals surface area contributed by atoms with Crippen molar-refractivity contribution in [2.24, 2.45) is 4.99 Å². The van der Waals surface area contributed by atoms with Crippen molar-refractivity contribution < 1.29 is 14.3 Å². The van der Waals surface area contributed by atoms with Crippen LogP contribution in [0.1, 0.15) is 11.1 Å². The van der Waals surface area contributed by atoms with Crippen LogP contribution in [-0.4, -0.2) is 28.5 Å². The summed E-state index contributed by atoms with van der Waals surface area (Å²) in [5, 5.41) is 0. The molecular weight excluding hydrogens is 330 g/mol. The second-order valence-electron chi connectivity index (χ2n) is 5.63. The van der Waals surface area contributed by atoms with Gasteiger partial charge < -0.3 is 14.0 Å². The average Bonchev–Trinajstić information content (AvgIpc) is 3.33. The van der Waals surface area contributed by atoms with Crippen LogP contribution in [0, 0.1) is 0 Å². The van der Waals surface area contributed by atoms with Gasteiger partial charge >= 0.3 is 5.97 Å². The molecule has 0 amide bonds. The Kier molecular flexibility index (Phi) is 4.07. The standard InChI is InChI=1S/C20H15N3O3/c1-25-17-8-4-15(5-9-17)19-22-18(20(24)26-19)12-14-2-6-16(7-3-14)23-11-10-21-13-23/h2-13H,1H3/b18-12-. The highest BCUT2D eigenvalue weighted by molar-refractivity contribution is 6.12. The highest BCUT2D eigenvalue weighted by atomic mass is 16.6. The predicted molar refractivity (Wildman–Crippen MR) is 97.2 cm³/mol. The van der Waals surface area contributed by atoms with Gasteiger partial charge in [-0.05, 0) is 48.0 Å². The Morgan fingerprint density at radius 3 is 2.50 bits per heavy atom. The summed E-state index contributed by atoms with van der Waals surface area (Å²) in [5.41, 5.74) is 2.84. The first-order chi connectivity index (χ1) is 12.7. The second kappa shape index (κ2) is 6.68. The van der Waals surface area contributed by atoms with Crippen LogP contribution in [0.3, 0.4) is 0 Å². The van der Waals surface area contributed by atoms with Crippen molar-refractivity contribution in [2.75, 3.05) is 7.11 Å². The molecule has 0 spiro atoms. The van der Waals surface area contributed by atoms with E-state index in [0.717, 1.165) is 22.6 Å². The van der Waals surface area contributed by atoms with Gasteiger partial charge in [0.25, 0.3) is 0 Å². The van der Waals surface area contributed by atoms with Gasteiger partial charge in [-0.25, -0.2) is 14.8 Å². The van der Waals surface area contributed by atoms with E-state index < -0.39 is 5.97 Å². The number of imidazole rings is 1. The van der Waals surface area contributed by atoms with E-state index in [-0.39, 0.29) is 5.70 Å². The molecule has 1 aromatic heterocycles. The van der Waals surface area contributed by atoms with E-state index in [2.05, 4.69) is 9.98 Å². The van der Waals surface area contributed by atoms with Crippen molar-refractivity contribution in [1.82, 2.24) is 9.55 Å². The van der Waals surface area contributed by atoms with Crippen LogP contribution in [0.25, 0.3) is 11.8 Å². The summed E-state index contributed by atoms with van der Waals surface area (Å²) in [6.45, 7) is 0. The largest absolute Gasteiger partial charge is 0.497 e. The molecule has 0 bridgehead atoms. The van der Waals surface area contributed by atoms with Crippen LogP contribution < -0.4 is 4.74 Å². The summed E-state index contributed by atoms with van der Waals surface area (Å²) >= 11 is 0. The molecule has 6 nitrogen and oxygen atoms in total. The third-order valence-electron chi connectivity index (χ3n) is 3.96. The summed E-state index contributed by atoms with van der Waals surface area (Å²) in [4.78, 5) is 20.4. The number of esters is 1. The van der Waals surface area contributed by atoms with Gasteiger partial charge in [0.05, 0.1) is 13.4 Å². The lowest BCUT2D eigenvalue weighted by molar-refractivity contribution is -0.129. The fourth-order valence-corrected chi connectivity index (χ4v) is 2.58. The highest BCUT2D eigenvalue weighted by Crippen LogP contribution is 2.21. The van der Waals surface area contributed by atoms with Crippen molar-refractivity contribution in [3.05, 3.63) is 84.1 Å². The molecule has 0 unspecified atom stereocenters. The van der Waals surface area contributed by atoms with Gasteiger partial charge in [0.15, 0.2) is 5.70 Å². The maximum atomic E-state index is 12.1. The predicted octanol–water partition coefficient (Wildman–Crippen LogP) is 3.23. The van der Waals surface area contributed by atoms with E-state index in [1.165, 1.54) is 0 Å². The number of benzene rings is 2. The maximum Gasteiger partial charge on any atom is 0.363 e. The van der Waals surface area contributed by atoms with Crippen LogP contribution in [0.2, 0.25) is 0 Å². The average molecular weight is 345 g/mol. The molecule has 0 aliphatic carbocycles. The van der Waals surface area contributed by atoms with Gasteiger partial charge in [0, 0.05) is 23.6 Å². The van der Waals surface area contributed by atoms with Crippen molar-refractivity contribution in [1.29, 1.82) is 0 Å². The summed E-state index contributed by atoms with van der Waals surface area (Å²) < 4.78 is 12.3. The fraction of sp³-hybridized carbons (Fsp3) is 0.0500. The molecule has 1 aliphatic rings. The first kappa shape index (κ1) is 15.8. The zero-order chi connectivity index (χ0) is 17.9. The van der Waals surface area contributed by atoms with E-state index in [9.17, 15) is 4.79 Å². The summed E-state index contributed by atoms with van der Waals surface area (Å²) in [6, 6.07) is 14.9. The van der Waals surface area contributed by atoms with Gasteiger partial charge in [-0.3, -0.25) is 0 Å². The minimum Gasteiger partial charge on any atom is -0.497 e. The number of aliphatic imine (C=N–C) groups is 1. The number of rotatable bonds is 4. The first-order valence-corrected chi connectivity index (χ1v) is 7.98. The molecule has 1 aliphatic heterocycles. The van der Waals surface area contributed by atoms with Gasteiger partial charge in [-0.2, -0.15) is 0 Å². The van der Waals surface area contributed by atoms with Crippen molar-refractivity contribution >= 4 is 17.9 Å². The lowest BCUT2D eigenvalue weighted by Crippen LogP contribution is -2.05. The summed E-state index contributed by atoms with van der Waals surface area (Å²) in [7, 11) is 1.60. The minimum atomic E-state index is -0.463. The van der Waals surface area contributed by atoms with Crippen LogP contribution in [0.15, 0.2) is 77.9 Å². The SMILES string of the molecule is COc1ccc(C2=N/C(=C\c3ccc(-n4ccnc4)cc3)C(=O)O2)cc1. The topological polar surface area (TPSA) is 65.7 Å². The number of nitrogens with zero attached hydrogens (tertiary/aromatic N) is 3. The number of cyclic esters (lactones) is 1. The van der Waals surface area contributed by atoms with Crippen LogP contribution in [0.5, 0.6) is 5.75 Å². The lowest BCUT2D eigenvalue weighted by Gasteiger charge is -2.02. The third-order valence-corrected chi connectivity index (χ3v) is 3.96. The Morgan fingerprint density at radius 1 is 1.08 bits per heavy atom. The third kappa shape index (κ3) is 3.12. The molecule has 0 atom stereocenters. The van der Waals surface area contributed by atoms with Crippen LogP contribution >= 0.6 is 0 Å². The van der Waals surface area contributed by atoms with Crippen molar-refractivity contribution in [2.45, 2.75) is 0 Å². The highest BCUT2D eigenvalue weighted by Gasteiger charge is 2.24. The summed E-state index contributed by atoms with van der Waals surface area (Å²) in [5.74, 6) is 0.556. The smallest absolute Gasteiger partial charge is 0.363 e. The van der Waals surface area contributed by atoms with Gasteiger partial charge in [-0.1, -0.05) is 12.1 Å². The summed E-state index contributed by atoms with van der Waals surface area (Å²) in [6.07, 6.45) is 7.02. The Bertz CT molecular complexity index is 986. The van der Waals surface area contributed by atoms with Crippen molar-refractivity contribution in [3.63, 3.8) is 0 Å². The molecule has 26 heavy (non-hydrogen) atoms. The molecule has 0 radical (unpaired) electrons. The quantitative estimate of drug-likeness (QED) is 0.538. The van der Waals surface area contributed by atoms with Crippen LogP contribution in [-0.2, 0) is 9.53 Å². The molecule has 2 aromatic carbocycles. The lowest BCUT2D eigenvalue weighted by atomic mass is 10.1. The molecule has 4 rings (SSSR count).